The Kier molecular flexibility index (Phi) is 8.00. The Morgan fingerprint density at radius 2 is 1.62 bits per heavy atom. The third-order valence-electron chi connectivity index (χ3n) is 4.86. The largest absolute Gasteiger partial charge is 0.326 e. The summed E-state index contributed by atoms with van der Waals surface area (Å²) < 4.78 is 0. The Morgan fingerprint density at radius 1 is 0.958 bits per heavy atom. The molecule has 2 rings (SSSR count). The zero-order valence-corrected chi connectivity index (χ0v) is 15.0. The SMILES string of the molecule is CCCCCCCCCCCC(=O)Nc1cccc2c1CCC2=O. The molecule has 0 unspecified atom stereocenters. The van der Waals surface area contributed by atoms with E-state index in [0.29, 0.717) is 12.8 Å². The molecule has 1 aliphatic rings. The first-order valence-corrected chi connectivity index (χ1v) is 9.67. The number of hydrogen-bond acceptors (Lipinski definition) is 2. The summed E-state index contributed by atoms with van der Waals surface area (Å²) in [6.07, 6.45) is 13.2. The number of amides is 1. The van der Waals surface area contributed by atoms with Gasteiger partial charge in [-0.3, -0.25) is 9.59 Å². The molecule has 1 aliphatic carbocycles. The van der Waals surface area contributed by atoms with E-state index in [9.17, 15) is 9.59 Å². The minimum Gasteiger partial charge on any atom is -0.326 e. The summed E-state index contributed by atoms with van der Waals surface area (Å²) >= 11 is 0. The maximum Gasteiger partial charge on any atom is 0.224 e. The van der Waals surface area contributed by atoms with Crippen LogP contribution in [0.25, 0.3) is 0 Å². The number of carbonyl (C=O) groups is 2. The van der Waals surface area contributed by atoms with Crippen LogP contribution < -0.4 is 5.32 Å². The predicted molar refractivity (Wildman–Crippen MR) is 99.6 cm³/mol. The first-order chi connectivity index (χ1) is 11.7. The zero-order valence-electron chi connectivity index (χ0n) is 15.0. The average molecular weight is 329 g/mol. The molecule has 1 N–H and O–H groups in total. The molecule has 0 fully saturated rings. The van der Waals surface area contributed by atoms with E-state index < -0.39 is 0 Å². The van der Waals surface area contributed by atoms with Crippen LogP contribution >= 0.6 is 0 Å². The summed E-state index contributed by atoms with van der Waals surface area (Å²) in [7, 11) is 0. The fraction of sp³-hybridized carbons (Fsp3) is 0.619. The summed E-state index contributed by atoms with van der Waals surface area (Å²) in [5.41, 5.74) is 2.64. The summed E-state index contributed by atoms with van der Waals surface area (Å²) in [6, 6.07) is 5.63. The standard InChI is InChI=1S/C21H31NO2/c1-2-3-4-5-6-7-8-9-10-14-21(24)22-19-13-11-12-18-17(19)15-16-20(18)23/h11-13H,2-10,14-16H2,1H3,(H,22,24). The summed E-state index contributed by atoms with van der Waals surface area (Å²) in [5.74, 6) is 0.269. The topological polar surface area (TPSA) is 46.2 Å². The number of carbonyl (C=O) groups excluding carboxylic acids is 2. The Labute approximate surface area is 146 Å². The normalized spacial score (nSPS) is 13.1. The lowest BCUT2D eigenvalue weighted by atomic mass is 10.1. The van der Waals surface area contributed by atoms with E-state index in [2.05, 4.69) is 12.2 Å². The highest BCUT2D eigenvalue weighted by molar-refractivity contribution is 6.03. The maximum atomic E-state index is 12.1. The van der Waals surface area contributed by atoms with Crippen LogP contribution in [0, 0.1) is 0 Å². The first-order valence-electron chi connectivity index (χ1n) is 9.67. The summed E-state index contributed by atoms with van der Waals surface area (Å²) in [6.45, 7) is 2.24. The van der Waals surface area contributed by atoms with Crippen LogP contribution in [-0.4, -0.2) is 11.7 Å². The second kappa shape index (κ2) is 10.3. The first kappa shape index (κ1) is 18.7. The van der Waals surface area contributed by atoms with Crippen molar-refractivity contribution in [3.8, 4) is 0 Å². The van der Waals surface area contributed by atoms with Crippen LogP contribution in [0.3, 0.4) is 0 Å². The Hall–Kier alpha value is -1.64. The molecule has 0 saturated heterocycles. The maximum absolute atomic E-state index is 12.1. The number of unbranched alkanes of at least 4 members (excludes halogenated alkanes) is 8. The van der Waals surface area contributed by atoms with Gasteiger partial charge in [0.25, 0.3) is 0 Å². The van der Waals surface area contributed by atoms with Gasteiger partial charge < -0.3 is 5.32 Å². The summed E-state index contributed by atoms with van der Waals surface area (Å²) in [5, 5.41) is 3.00. The molecule has 0 radical (unpaired) electrons. The van der Waals surface area contributed by atoms with Gasteiger partial charge >= 0.3 is 0 Å². The molecule has 3 heteroatoms. The lowest BCUT2D eigenvalue weighted by Crippen LogP contribution is -2.12. The minimum atomic E-state index is 0.0747. The van der Waals surface area contributed by atoms with Gasteiger partial charge in [0.05, 0.1) is 0 Å². The van der Waals surface area contributed by atoms with Gasteiger partial charge in [-0.1, -0.05) is 70.4 Å². The second-order valence-corrected chi connectivity index (χ2v) is 6.88. The molecule has 0 saturated carbocycles. The van der Waals surface area contributed by atoms with Crippen LogP contribution in [0.1, 0.15) is 93.5 Å². The van der Waals surface area contributed by atoms with Crippen molar-refractivity contribution >= 4 is 17.4 Å². The van der Waals surface area contributed by atoms with E-state index in [0.717, 1.165) is 36.1 Å². The van der Waals surface area contributed by atoms with Crippen molar-refractivity contribution in [2.45, 2.75) is 84.0 Å². The smallest absolute Gasteiger partial charge is 0.224 e. The molecule has 0 bridgehead atoms. The van der Waals surface area contributed by atoms with E-state index in [1.54, 1.807) is 0 Å². The summed E-state index contributed by atoms with van der Waals surface area (Å²) in [4.78, 5) is 23.9. The van der Waals surface area contributed by atoms with Gasteiger partial charge in [-0.15, -0.1) is 0 Å². The van der Waals surface area contributed by atoms with Gasteiger partial charge in [0.2, 0.25) is 5.91 Å². The fourth-order valence-electron chi connectivity index (χ4n) is 3.42. The highest BCUT2D eigenvalue weighted by Gasteiger charge is 2.22. The second-order valence-electron chi connectivity index (χ2n) is 6.88. The molecule has 1 aromatic rings. The Balaban J connectivity index is 1.60. The number of benzene rings is 1. The number of anilines is 1. The number of nitrogens with one attached hydrogen (secondary N) is 1. The van der Waals surface area contributed by atoms with Gasteiger partial charge in [0.1, 0.15) is 0 Å². The highest BCUT2D eigenvalue weighted by atomic mass is 16.1. The molecule has 1 amide bonds. The van der Waals surface area contributed by atoms with Crippen LogP contribution in [-0.2, 0) is 11.2 Å². The Morgan fingerprint density at radius 3 is 2.33 bits per heavy atom. The molecule has 0 spiro atoms. The van der Waals surface area contributed by atoms with E-state index in [-0.39, 0.29) is 11.7 Å². The van der Waals surface area contributed by atoms with Crippen LogP contribution in [0.2, 0.25) is 0 Å². The molecule has 1 aromatic carbocycles. The fourth-order valence-corrected chi connectivity index (χ4v) is 3.42. The van der Waals surface area contributed by atoms with Crippen LogP contribution in [0.5, 0.6) is 0 Å². The number of ketones is 1. The lowest BCUT2D eigenvalue weighted by molar-refractivity contribution is -0.116. The van der Waals surface area contributed by atoms with E-state index >= 15 is 0 Å². The van der Waals surface area contributed by atoms with Crippen molar-refractivity contribution in [3.63, 3.8) is 0 Å². The van der Waals surface area contributed by atoms with Gasteiger partial charge in [0.15, 0.2) is 5.78 Å². The van der Waals surface area contributed by atoms with Crippen molar-refractivity contribution in [3.05, 3.63) is 29.3 Å². The average Bonchev–Trinajstić information content (AvgIpc) is 2.96. The predicted octanol–water partition coefficient (Wildman–Crippen LogP) is 5.67. The van der Waals surface area contributed by atoms with E-state index in [4.69, 9.17) is 0 Å². The third-order valence-corrected chi connectivity index (χ3v) is 4.86. The van der Waals surface area contributed by atoms with Gasteiger partial charge in [-0.05, 0) is 24.5 Å². The van der Waals surface area contributed by atoms with Crippen LogP contribution in [0.15, 0.2) is 18.2 Å². The molecule has 0 atom stereocenters. The molecule has 3 nitrogen and oxygen atoms in total. The Bertz CT molecular complexity index is 551. The van der Waals surface area contributed by atoms with Crippen molar-refractivity contribution in [1.29, 1.82) is 0 Å². The van der Waals surface area contributed by atoms with Crippen molar-refractivity contribution in [2.75, 3.05) is 5.32 Å². The lowest BCUT2D eigenvalue weighted by Gasteiger charge is -2.09. The number of Topliss-reactive ketones (excluding diaryl/α,β-unsaturated/α-hetero) is 1. The molecule has 0 heterocycles. The van der Waals surface area contributed by atoms with Crippen molar-refractivity contribution in [1.82, 2.24) is 0 Å². The monoisotopic (exact) mass is 329 g/mol. The van der Waals surface area contributed by atoms with Crippen molar-refractivity contribution in [2.24, 2.45) is 0 Å². The molecular formula is C21H31NO2. The van der Waals surface area contributed by atoms with Gasteiger partial charge in [-0.2, -0.15) is 0 Å². The molecule has 0 aromatic heterocycles. The molecule has 24 heavy (non-hydrogen) atoms. The molecule has 0 aliphatic heterocycles. The van der Waals surface area contributed by atoms with Crippen molar-refractivity contribution < 1.29 is 9.59 Å². The van der Waals surface area contributed by atoms with Gasteiger partial charge in [0, 0.05) is 24.1 Å². The molecular weight excluding hydrogens is 298 g/mol. The highest BCUT2D eigenvalue weighted by Crippen LogP contribution is 2.28. The number of rotatable bonds is 11. The zero-order chi connectivity index (χ0) is 17.2. The van der Waals surface area contributed by atoms with E-state index in [1.807, 2.05) is 18.2 Å². The van der Waals surface area contributed by atoms with Gasteiger partial charge in [-0.25, -0.2) is 0 Å². The van der Waals surface area contributed by atoms with E-state index in [1.165, 1.54) is 44.9 Å². The molecule has 132 valence electrons. The van der Waals surface area contributed by atoms with Crippen LogP contribution in [0.4, 0.5) is 5.69 Å². The minimum absolute atomic E-state index is 0.0747. The number of fused-ring (bicyclic) bond motifs is 1. The number of hydrogen-bond donors (Lipinski definition) is 1. The third kappa shape index (κ3) is 5.77. The quantitative estimate of drug-likeness (QED) is 0.531.